The van der Waals surface area contributed by atoms with Gasteiger partial charge in [0.2, 0.25) is 5.91 Å². The van der Waals surface area contributed by atoms with Crippen molar-refractivity contribution in [1.29, 1.82) is 0 Å². The molecular formula is C31H39Cl2N7O4. The highest BCUT2D eigenvalue weighted by molar-refractivity contribution is 6.41. The van der Waals surface area contributed by atoms with Crippen LogP contribution in [0.2, 0.25) is 10.0 Å². The van der Waals surface area contributed by atoms with Crippen LogP contribution in [0.1, 0.15) is 6.42 Å². The number of pyridine rings is 2. The molecule has 5 rings (SSSR count). The topological polar surface area (TPSA) is 113 Å². The predicted octanol–water partition coefficient (Wildman–Crippen LogP) is 4.15. The average molecular weight is 645 g/mol. The summed E-state index contributed by atoms with van der Waals surface area (Å²) in [6.07, 6.45) is 3.96. The Hall–Kier alpha value is -3.35. The molecule has 236 valence electrons. The van der Waals surface area contributed by atoms with Gasteiger partial charge in [-0.3, -0.25) is 9.69 Å². The molecule has 2 saturated heterocycles. The maximum atomic E-state index is 12.2. The van der Waals surface area contributed by atoms with Crippen molar-refractivity contribution in [3.63, 3.8) is 0 Å². The van der Waals surface area contributed by atoms with Crippen LogP contribution >= 0.6 is 23.2 Å². The molecule has 2 aliphatic heterocycles. The molecule has 3 aromatic rings. The van der Waals surface area contributed by atoms with Gasteiger partial charge in [-0.25, -0.2) is 9.97 Å². The van der Waals surface area contributed by atoms with Crippen LogP contribution in [-0.4, -0.2) is 112 Å². The minimum absolute atomic E-state index is 0.0558. The molecule has 0 bridgehead atoms. The lowest BCUT2D eigenvalue weighted by molar-refractivity contribution is -0.117. The molecule has 0 saturated carbocycles. The van der Waals surface area contributed by atoms with Crippen molar-refractivity contribution in [2.45, 2.75) is 24.5 Å². The molecular weight excluding hydrogens is 605 g/mol. The van der Waals surface area contributed by atoms with Crippen LogP contribution in [0.15, 0.2) is 37.1 Å². The Morgan fingerprint density at radius 3 is 2.50 bits per heavy atom. The molecule has 11 nitrogen and oxygen atoms in total. The molecule has 4 heterocycles. The van der Waals surface area contributed by atoms with Crippen LogP contribution in [0.5, 0.6) is 11.5 Å². The zero-order valence-corrected chi connectivity index (χ0v) is 27.0. The minimum Gasteiger partial charge on any atom is -0.495 e. The Kier molecular flexibility index (Phi) is 10.3. The van der Waals surface area contributed by atoms with Gasteiger partial charge in [-0.05, 0) is 38.7 Å². The lowest BCUT2D eigenvalue weighted by Gasteiger charge is -2.22. The van der Waals surface area contributed by atoms with E-state index >= 15 is 0 Å². The van der Waals surface area contributed by atoms with E-state index in [0.717, 1.165) is 43.4 Å². The van der Waals surface area contributed by atoms with Crippen molar-refractivity contribution in [2.24, 2.45) is 0 Å². The molecule has 3 N–H and O–H groups in total. The molecule has 0 spiro atoms. The number of nitrogens with one attached hydrogen (secondary N) is 3. The zero-order valence-electron chi connectivity index (χ0n) is 25.5. The summed E-state index contributed by atoms with van der Waals surface area (Å²) in [7, 11) is 7.18. The lowest BCUT2D eigenvalue weighted by Crippen LogP contribution is -2.45. The van der Waals surface area contributed by atoms with E-state index in [4.69, 9.17) is 47.4 Å². The van der Waals surface area contributed by atoms with Crippen molar-refractivity contribution in [1.82, 2.24) is 25.1 Å². The highest BCUT2D eigenvalue weighted by Crippen LogP contribution is 2.46. The Labute approximate surface area is 267 Å². The van der Waals surface area contributed by atoms with Crippen molar-refractivity contribution < 1.29 is 19.0 Å². The first-order valence-electron chi connectivity index (χ1n) is 14.5. The minimum atomic E-state index is -0.198. The normalized spacial score (nSPS) is 20.2. The highest BCUT2D eigenvalue weighted by Gasteiger charge is 2.34. The van der Waals surface area contributed by atoms with E-state index in [1.54, 1.807) is 12.3 Å². The number of likely N-dealkylation sites (tertiary alicyclic amines) is 1. The Balaban J connectivity index is 1.52. The monoisotopic (exact) mass is 643 g/mol. The number of likely N-dealkylation sites (N-methyl/N-ethyl adjacent to an activating group) is 1. The van der Waals surface area contributed by atoms with Gasteiger partial charge in [-0.1, -0.05) is 29.8 Å². The third kappa shape index (κ3) is 7.13. The molecule has 2 fully saturated rings. The van der Waals surface area contributed by atoms with Gasteiger partial charge in [0.1, 0.15) is 23.1 Å². The maximum Gasteiger partial charge on any atom is 0.243 e. The summed E-state index contributed by atoms with van der Waals surface area (Å²) in [5.41, 5.74) is 1.05. The second kappa shape index (κ2) is 14.2. The van der Waals surface area contributed by atoms with E-state index < -0.39 is 0 Å². The third-order valence-electron chi connectivity index (χ3n) is 7.92. The van der Waals surface area contributed by atoms with E-state index in [2.05, 4.69) is 46.4 Å². The van der Waals surface area contributed by atoms with Gasteiger partial charge in [0.05, 0.1) is 54.7 Å². The second-order valence-electron chi connectivity index (χ2n) is 11.3. The highest BCUT2D eigenvalue weighted by atomic mass is 35.5. The number of rotatable bonds is 12. The number of amides is 1. The number of carbonyl (C=O) groups is 1. The summed E-state index contributed by atoms with van der Waals surface area (Å²) in [6, 6.07) is 5.46. The second-order valence-corrected chi connectivity index (χ2v) is 12.0. The van der Waals surface area contributed by atoms with Crippen LogP contribution in [0.25, 0.3) is 22.0 Å². The van der Waals surface area contributed by atoms with Crippen LogP contribution in [0, 0.1) is 0 Å². The van der Waals surface area contributed by atoms with Gasteiger partial charge in [0, 0.05) is 61.4 Å². The predicted molar refractivity (Wildman–Crippen MR) is 175 cm³/mol. The van der Waals surface area contributed by atoms with Crippen molar-refractivity contribution >= 4 is 51.5 Å². The molecule has 1 unspecified atom stereocenters. The standard InChI is InChI=1S/C31H39Cl2N7O4/c1-6-27(41)37-23-16-40(9-8-39(2)3)15-22(23)36-26-12-20-18(14-34-26)11-21(38-31(20)35-19-7-10-44-17-19)28-29(32)24(42-4)13-25(43-5)30(28)33/h6,11-14,19,22-23H,1,7-10,15-17H2,2-5H3,(H,34,36)(H,35,38)(H,37,41)/t19?,22-,23+/m1/s1. The van der Waals surface area contributed by atoms with E-state index in [-0.39, 0.29) is 24.0 Å². The summed E-state index contributed by atoms with van der Waals surface area (Å²) >= 11 is 13.5. The first-order valence-corrected chi connectivity index (χ1v) is 15.3. The Morgan fingerprint density at radius 1 is 1.14 bits per heavy atom. The van der Waals surface area contributed by atoms with Crippen molar-refractivity contribution in [3.8, 4) is 22.8 Å². The Morgan fingerprint density at radius 2 is 1.86 bits per heavy atom. The fourth-order valence-electron chi connectivity index (χ4n) is 5.55. The number of ether oxygens (including phenoxy) is 3. The molecule has 0 radical (unpaired) electrons. The van der Waals surface area contributed by atoms with Crippen LogP contribution in [0.3, 0.4) is 0 Å². The summed E-state index contributed by atoms with van der Waals surface area (Å²) in [4.78, 5) is 26.5. The van der Waals surface area contributed by atoms with Crippen LogP contribution in [-0.2, 0) is 9.53 Å². The van der Waals surface area contributed by atoms with Gasteiger partial charge < -0.3 is 35.1 Å². The molecule has 2 aromatic heterocycles. The van der Waals surface area contributed by atoms with E-state index in [1.807, 2.05) is 12.1 Å². The van der Waals surface area contributed by atoms with Crippen molar-refractivity contribution in [2.75, 3.05) is 78.3 Å². The largest absolute Gasteiger partial charge is 0.495 e. The fraction of sp³-hybridized carbons (Fsp3) is 0.452. The molecule has 2 aliphatic rings. The molecule has 1 aromatic carbocycles. The van der Waals surface area contributed by atoms with Gasteiger partial charge >= 0.3 is 0 Å². The molecule has 3 atom stereocenters. The number of fused-ring (bicyclic) bond motifs is 1. The summed E-state index contributed by atoms with van der Waals surface area (Å²) in [5.74, 6) is 1.99. The van der Waals surface area contributed by atoms with Gasteiger partial charge in [-0.2, -0.15) is 0 Å². The number of anilines is 2. The van der Waals surface area contributed by atoms with E-state index in [1.165, 1.54) is 20.3 Å². The summed E-state index contributed by atoms with van der Waals surface area (Å²) in [5, 5.41) is 12.6. The van der Waals surface area contributed by atoms with Gasteiger partial charge in [0.15, 0.2) is 0 Å². The molecule has 44 heavy (non-hydrogen) atoms. The maximum absolute atomic E-state index is 12.2. The number of benzene rings is 1. The Bertz CT molecular complexity index is 1490. The smallest absolute Gasteiger partial charge is 0.243 e. The number of hydrogen-bond acceptors (Lipinski definition) is 10. The van der Waals surface area contributed by atoms with Crippen LogP contribution < -0.4 is 25.4 Å². The van der Waals surface area contributed by atoms with Gasteiger partial charge in [-0.15, -0.1) is 0 Å². The molecule has 0 aliphatic carbocycles. The first kappa shape index (κ1) is 32.1. The quantitative estimate of drug-likeness (QED) is 0.249. The molecule has 13 heteroatoms. The summed E-state index contributed by atoms with van der Waals surface area (Å²) < 4.78 is 16.6. The number of nitrogens with zero attached hydrogens (tertiary/aromatic N) is 4. The number of methoxy groups -OCH3 is 2. The van der Waals surface area contributed by atoms with E-state index in [9.17, 15) is 4.79 Å². The number of halogens is 2. The zero-order chi connectivity index (χ0) is 31.4. The first-order chi connectivity index (χ1) is 21.2. The summed E-state index contributed by atoms with van der Waals surface area (Å²) in [6.45, 7) is 8.17. The number of aromatic nitrogens is 2. The van der Waals surface area contributed by atoms with E-state index in [0.29, 0.717) is 57.7 Å². The number of carbonyl (C=O) groups excluding carboxylic acids is 1. The SMILES string of the molecule is C=CC(=O)N[C@H]1CN(CCN(C)C)C[C@H]1Nc1cc2c(NC3CCOC3)nc(-c3c(Cl)c(OC)cc(OC)c3Cl)cc2cn1. The third-order valence-corrected chi connectivity index (χ3v) is 8.67. The number of hydrogen-bond donors (Lipinski definition) is 3. The van der Waals surface area contributed by atoms with Crippen LogP contribution in [0.4, 0.5) is 11.6 Å². The lowest BCUT2D eigenvalue weighted by atomic mass is 10.1. The fourth-order valence-corrected chi connectivity index (χ4v) is 6.24. The van der Waals surface area contributed by atoms with Gasteiger partial charge in [0.25, 0.3) is 0 Å². The average Bonchev–Trinajstić information content (AvgIpc) is 3.66. The van der Waals surface area contributed by atoms with Crippen molar-refractivity contribution in [3.05, 3.63) is 47.1 Å². The molecule has 1 amide bonds.